The van der Waals surface area contributed by atoms with Gasteiger partial charge in [0.1, 0.15) is 14.0 Å². The fourth-order valence-corrected chi connectivity index (χ4v) is 8.48. The molecule has 0 aromatic heterocycles. The summed E-state index contributed by atoms with van der Waals surface area (Å²) in [4.78, 5) is 3.95. The van der Waals surface area contributed by atoms with Crippen molar-refractivity contribution in [2.24, 2.45) is 0 Å². The van der Waals surface area contributed by atoms with Gasteiger partial charge in [0.25, 0.3) is 0 Å². The summed E-state index contributed by atoms with van der Waals surface area (Å²) in [6.07, 6.45) is 6.10. The Morgan fingerprint density at radius 3 is 2.43 bits per heavy atom. The van der Waals surface area contributed by atoms with Gasteiger partial charge in [0.2, 0.25) is 0 Å². The Balaban J connectivity index is 2.03. The zero-order chi connectivity index (χ0) is 16.8. The maximum Gasteiger partial charge on any atom is 0.135 e. The number of fused-ring (bicyclic) bond motifs is 2. The highest BCUT2D eigenvalue weighted by Crippen LogP contribution is 2.44. The van der Waals surface area contributed by atoms with Crippen molar-refractivity contribution in [3.05, 3.63) is 40.1 Å². The van der Waals surface area contributed by atoms with Gasteiger partial charge in [-0.3, -0.25) is 0 Å². The first-order valence-corrected chi connectivity index (χ1v) is 12.1. The monoisotopic (exact) mass is 329 g/mol. The largest absolute Gasteiger partial charge is 0.498 e. The summed E-state index contributed by atoms with van der Waals surface area (Å²) in [7, 11) is -1.73. The van der Waals surface area contributed by atoms with Crippen LogP contribution in [0.1, 0.15) is 61.9 Å². The van der Waals surface area contributed by atoms with Gasteiger partial charge in [-0.2, -0.15) is 0 Å². The molecular formula is C20H31NOSi. The van der Waals surface area contributed by atoms with Crippen molar-refractivity contribution in [3.63, 3.8) is 0 Å². The summed E-state index contributed by atoms with van der Waals surface area (Å²) in [6.45, 7) is 14.5. The lowest BCUT2D eigenvalue weighted by Crippen LogP contribution is -2.58. The highest BCUT2D eigenvalue weighted by atomic mass is 28.3. The van der Waals surface area contributed by atoms with Gasteiger partial charge in [0.15, 0.2) is 0 Å². The number of benzene rings is 1. The van der Waals surface area contributed by atoms with Crippen molar-refractivity contribution in [2.45, 2.75) is 71.1 Å². The molecule has 1 atom stereocenters. The van der Waals surface area contributed by atoms with Gasteiger partial charge >= 0.3 is 0 Å². The van der Waals surface area contributed by atoms with E-state index in [0.717, 1.165) is 6.61 Å². The maximum atomic E-state index is 6.09. The topological polar surface area (TPSA) is 21.3 Å². The summed E-state index contributed by atoms with van der Waals surface area (Å²) >= 11 is 0. The molecule has 0 fully saturated rings. The number of nitrogens with one attached hydrogen (secondary N) is 1. The van der Waals surface area contributed by atoms with Crippen LogP contribution in [0.2, 0.25) is 13.1 Å². The third-order valence-electron chi connectivity index (χ3n) is 4.92. The number of allylic oxidation sites excluding steroid dienone is 1. The SMILES string of the molecule is CCOC1=Cc2cc3c(cc2C1[Si](C)(C)NC(C)(C)C)CCC3. The van der Waals surface area contributed by atoms with Gasteiger partial charge in [0, 0.05) is 5.54 Å². The molecule has 0 amide bonds. The number of hydrogen-bond acceptors (Lipinski definition) is 2. The van der Waals surface area contributed by atoms with Crippen LogP contribution in [0.15, 0.2) is 17.9 Å². The zero-order valence-electron chi connectivity index (χ0n) is 15.5. The number of hydrogen-bond donors (Lipinski definition) is 1. The molecule has 126 valence electrons. The lowest BCUT2D eigenvalue weighted by Gasteiger charge is -2.39. The van der Waals surface area contributed by atoms with Crippen molar-refractivity contribution in [1.29, 1.82) is 0 Å². The van der Waals surface area contributed by atoms with Gasteiger partial charge < -0.3 is 9.72 Å². The molecule has 0 saturated heterocycles. The molecule has 3 heteroatoms. The Bertz CT molecular complexity index is 640. The van der Waals surface area contributed by atoms with E-state index in [2.05, 4.69) is 64.0 Å². The molecule has 1 N–H and O–H groups in total. The minimum absolute atomic E-state index is 0.131. The van der Waals surface area contributed by atoms with E-state index in [4.69, 9.17) is 4.74 Å². The zero-order valence-corrected chi connectivity index (χ0v) is 16.5. The minimum Gasteiger partial charge on any atom is -0.498 e. The van der Waals surface area contributed by atoms with Crippen molar-refractivity contribution in [3.8, 4) is 0 Å². The number of aryl methyl sites for hydroxylation is 2. The molecule has 2 nitrogen and oxygen atoms in total. The third-order valence-corrected chi connectivity index (χ3v) is 8.35. The molecule has 3 rings (SSSR count). The molecule has 1 aromatic rings. The fourth-order valence-electron chi connectivity index (χ4n) is 4.50. The van der Waals surface area contributed by atoms with E-state index in [0.29, 0.717) is 5.54 Å². The first-order chi connectivity index (χ1) is 10.7. The standard InChI is InChI=1S/C20H31NOSi/c1-7-22-18-13-16-11-14-9-8-10-15(14)12-17(16)19(18)23(5,6)21-20(2,3)4/h11-13,19,21H,7-10H2,1-6H3. The van der Waals surface area contributed by atoms with Crippen LogP contribution >= 0.6 is 0 Å². The van der Waals surface area contributed by atoms with Crippen molar-refractivity contribution in [1.82, 2.24) is 4.98 Å². The molecule has 0 radical (unpaired) electrons. The summed E-state index contributed by atoms with van der Waals surface area (Å²) < 4.78 is 6.09. The Hall–Kier alpha value is -1.06. The molecule has 0 heterocycles. The molecular weight excluding hydrogens is 298 g/mol. The smallest absolute Gasteiger partial charge is 0.135 e. The molecule has 1 aromatic carbocycles. The van der Waals surface area contributed by atoms with Crippen LogP contribution in [0, 0.1) is 0 Å². The summed E-state index contributed by atoms with van der Waals surface area (Å²) in [5.41, 5.74) is 6.58. The second kappa shape index (κ2) is 5.78. The molecule has 0 spiro atoms. The van der Waals surface area contributed by atoms with E-state index in [1.807, 2.05) is 0 Å². The predicted octanol–water partition coefficient (Wildman–Crippen LogP) is 4.78. The van der Waals surface area contributed by atoms with Gasteiger partial charge in [0.05, 0.1) is 12.1 Å². The molecule has 0 bridgehead atoms. The van der Waals surface area contributed by atoms with E-state index in [1.165, 1.54) is 36.1 Å². The first kappa shape index (κ1) is 16.8. The van der Waals surface area contributed by atoms with E-state index in [9.17, 15) is 0 Å². The van der Waals surface area contributed by atoms with E-state index >= 15 is 0 Å². The van der Waals surface area contributed by atoms with E-state index < -0.39 is 8.24 Å². The molecule has 2 aliphatic rings. The van der Waals surface area contributed by atoms with Crippen LogP contribution < -0.4 is 4.98 Å². The van der Waals surface area contributed by atoms with Gasteiger partial charge in [-0.1, -0.05) is 25.2 Å². The van der Waals surface area contributed by atoms with Gasteiger partial charge in [-0.05, 0) is 75.3 Å². The summed E-state index contributed by atoms with van der Waals surface area (Å²) in [6, 6.07) is 4.92. The van der Waals surface area contributed by atoms with Crippen LogP contribution in [0.3, 0.4) is 0 Å². The van der Waals surface area contributed by atoms with Crippen LogP contribution in [0.4, 0.5) is 0 Å². The highest BCUT2D eigenvalue weighted by molar-refractivity contribution is 6.77. The Morgan fingerprint density at radius 1 is 1.17 bits per heavy atom. The molecule has 1 unspecified atom stereocenters. The Kier molecular flexibility index (Phi) is 4.22. The first-order valence-electron chi connectivity index (χ1n) is 9.01. The van der Waals surface area contributed by atoms with Crippen molar-refractivity contribution < 1.29 is 4.74 Å². The Labute approximate surface area is 142 Å². The lowest BCUT2D eigenvalue weighted by molar-refractivity contribution is 0.223. The van der Waals surface area contributed by atoms with Crippen LogP contribution in [0.5, 0.6) is 0 Å². The highest BCUT2D eigenvalue weighted by Gasteiger charge is 2.43. The van der Waals surface area contributed by atoms with Gasteiger partial charge in [-0.15, -0.1) is 0 Å². The maximum absolute atomic E-state index is 6.09. The average molecular weight is 330 g/mol. The normalized spacial score (nSPS) is 20.3. The molecule has 2 aliphatic carbocycles. The summed E-state index contributed by atoms with van der Waals surface area (Å²) in [5, 5.41) is 0. The number of ether oxygens (including phenoxy) is 1. The summed E-state index contributed by atoms with van der Waals surface area (Å²) in [5.74, 6) is 1.18. The van der Waals surface area contributed by atoms with E-state index in [-0.39, 0.29) is 5.54 Å². The predicted molar refractivity (Wildman–Crippen MR) is 101 cm³/mol. The number of rotatable bonds is 4. The average Bonchev–Trinajstić information content (AvgIpc) is 2.96. The second-order valence-corrected chi connectivity index (χ2v) is 12.9. The Morgan fingerprint density at radius 2 is 1.83 bits per heavy atom. The third kappa shape index (κ3) is 3.27. The van der Waals surface area contributed by atoms with E-state index in [1.54, 1.807) is 11.1 Å². The van der Waals surface area contributed by atoms with Crippen molar-refractivity contribution >= 4 is 14.3 Å². The van der Waals surface area contributed by atoms with Crippen LogP contribution in [0.25, 0.3) is 6.08 Å². The van der Waals surface area contributed by atoms with Gasteiger partial charge in [-0.25, -0.2) is 0 Å². The minimum atomic E-state index is -1.73. The molecule has 0 aliphatic heterocycles. The lowest BCUT2D eigenvalue weighted by atomic mass is 10.0. The quantitative estimate of drug-likeness (QED) is 0.803. The molecule has 23 heavy (non-hydrogen) atoms. The van der Waals surface area contributed by atoms with Crippen LogP contribution in [-0.4, -0.2) is 20.4 Å². The van der Waals surface area contributed by atoms with Crippen LogP contribution in [-0.2, 0) is 17.6 Å². The fraction of sp³-hybridized carbons (Fsp3) is 0.600. The van der Waals surface area contributed by atoms with Crippen molar-refractivity contribution in [2.75, 3.05) is 6.61 Å². The molecule has 0 saturated carbocycles. The second-order valence-electron chi connectivity index (χ2n) is 8.61.